The molecule has 0 nitrogen and oxygen atoms in total. The molecule has 0 aliphatic heterocycles. The van der Waals surface area contributed by atoms with Gasteiger partial charge in [0.15, 0.2) is 0 Å². The van der Waals surface area contributed by atoms with Crippen molar-refractivity contribution in [2.45, 2.75) is 0 Å². The summed E-state index contributed by atoms with van der Waals surface area (Å²) in [4.78, 5) is 0. The first-order valence-corrected chi connectivity index (χ1v) is 6.89. The van der Waals surface area contributed by atoms with Crippen molar-refractivity contribution in [3.05, 3.63) is 66.7 Å². The first kappa shape index (κ1) is 10.8. The molecule has 0 amide bonds. The van der Waals surface area contributed by atoms with Crippen LogP contribution < -0.4 is 5.19 Å². The average Bonchev–Trinajstić information content (AvgIpc) is 2.46. The summed E-state index contributed by atoms with van der Waals surface area (Å²) in [5.74, 6) is 0. The number of rotatable bonds is 0. The van der Waals surface area contributed by atoms with Gasteiger partial charge in [-0.15, -0.1) is 0 Å². The molecule has 0 saturated heterocycles. The quantitative estimate of drug-likeness (QED) is 0.254. The smallest absolute Gasteiger partial charge is 0.0616 e. The molecular weight excluding hydrogens is 244 g/mol. The van der Waals surface area contributed by atoms with Crippen molar-refractivity contribution in [1.82, 2.24) is 0 Å². The Morgan fingerprint density at radius 3 is 1.95 bits per heavy atom. The summed E-state index contributed by atoms with van der Waals surface area (Å²) in [6.45, 7) is 0. The van der Waals surface area contributed by atoms with Gasteiger partial charge in [-0.1, -0.05) is 59.8 Å². The second-order valence-corrected chi connectivity index (χ2v) is 5.43. The fourth-order valence-electron chi connectivity index (χ4n) is 2.80. The summed E-state index contributed by atoms with van der Waals surface area (Å²) in [6.07, 6.45) is 0. The second-order valence-electron chi connectivity index (χ2n) is 4.89. The molecule has 87 valence electrons. The fourth-order valence-corrected chi connectivity index (χ4v) is 3.17. The summed E-state index contributed by atoms with van der Waals surface area (Å²) in [5, 5.41) is 8.90. The van der Waals surface area contributed by atoms with E-state index in [0.29, 0.717) is 0 Å². The molecule has 0 heterocycles. The molecule has 0 aliphatic carbocycles. The van der Waals surface area contributed by atoms with Crippen molar-refractivity contribution in [3.63, 3.8) is 0 Å². The lowest BCUT2D eigenvalue weighted by atomic mass is 9.98. The molecule has 0 aliphatic rings. The first-order chi connectivity index (χ1) is 9.33. The summed E-state index contributed by atoms with van der Waals surface area (Å²) in [7, 11) is 3.74. The van der Waals surface area contributed by atoms with Crippen LogP contribution in [0.4, 0.5) is 0 Å². The van der Waals surface area contributed by atoms with E-state index in [9.17, 15) is 0 Å². The summed E-state index contributed by atoms with van der Waals surface area (Å²) >= 11 is 0. The Bertz CT molecular complexity index is 922. The molecule has 0 aromatic heterocycles. The zero-order valence-corrected chi connectivity index (χ0v) is 11.4. The van der Waals surface area contributed by atoms with Crippen LogP contribution in [0.5, 0.6) is 0 Å². The third-order valence-electron chi connectivity index (χ3n) is 3.73. The van der Waals surface area contributed by atoms with Gasteiger partial charge in [0.2, 0.25) is 0 Å². The van der Waals surface area contributed by atoms with Gasteiger partial charge in [0.1, 0.15) is 0 Å². The van der Waals surface area contributed by atoms with E-state index < -0.39 is 0 Å². The Morgan fingerprint density at radius 2 is 1.16 bits per heavy atom. The molecular formula is C18H11Si. The van der Waals surface area contributed by atoms with E-state index in [2.05, 4.69) is 77.0 Å². The molecule has 4 aromatic rings. The lowest BCUT2D eigenvalue weighted by molar-refractivity contribution is 1.79. The molecule has 0 atom stereocenters. The molecule has 4 rings (SSSR count). The molecule has 0 fully saturated rings. The van der Waals surface area contributed by atoms with E-state index in [1.807, 2.05) is 0 Å². The predicted octanol–water partition coefficient (Wildman–Crippen LogP) is 3.94. The predicted molar refractivity (Wildman–Crippen MR) is 84.3 cm³/mol. The van der Waals surface area contributed by atoms with Gasteiger partial charge in [0, 0.05) is 0 Å². The monoisotopic (exact) mass is 255 g/mol. The fraction of sp³-hybridized carbons (Fsp3) is 0. The van der Waals surface area contributed by atoms with E-state index in [4.69, 9.17) is 0 Å². The Labute approximate surface area is 115 Å². The molecule has 1 heteroatoms. The molecule has 0 unspecified atom stereocenters. The van der Waals surface area contributed by atoms with Crippen LogP contribution in [-0.2, 0) is 0 Å². The van der Waals surface area contributed by atoms with Crippen molar-refractivity contribution >= 4 is 47.7 Å². The van der Waals surface area contributed by atoms with Crippen molar-refractivity contribution in [2.24, 2.45) is 0 Å². The largest absolute Gasteiger partial charge is 0.0720 e. The molecule has 19 heavy (non-hydrogen) atoms. The molecule has 0 bridgehead atoms. The van der Waals surface area contributed by atoms with E-state index >= 15 is 0 Å². The van der Waals surface area contributed by atoms with Crippen LogP contribution in [0.2, 0.25) is 0 Å². The Morgan fingerprint density at radius 1 is 0.526 bits per heavy atom. The van der Waals surface area contributed by atoms with E-state index in [1.165, 1.54) is 32.3 Å². The second kappa shape index (κ2) is 3.94. The van der Waals surface area contributed by atoms with Crippen LogP contribution in [-0.4, -0.2) is 10.2 Å². The molecule has 0 N–H and O–H groups in total. The zero-order valence-electron chi connectivity index (χ0n) is 10.4. The maximum absolute atomic E-state index is 3.74. The Hall–Kier alpha value is -2.12. The van der Waals surface area contributed by atoms with Crippen LogP contribution in [0.1, 0.15) is 0 Å². The van der Waals surface area contributed by atoms with Gasteiger partial charge < -0.3 is 0 Å². The van der Waals surface area contributed by atoms with Gasteiger partial charge in [-0.05, 0) is 44.5 Å². The van der Waals surface area contributed by atoms with Crippen molar-refractivity contribution in [3.8, 4) is 0 Å². The molecule has 3 radical (unpaired) electrons. The minimum absolute atomic E-state index is 1.15. The zero-order chi connectivity index (χ0) is 12.8. The van der Waals surface area contributed by atoms with Crippen molar-refractivity contribution in [2.75, 3.05) is 0 Å². The Balaban J connectivity index is 2.29. The number of fused-ring (bicyclic) bond motifs is 4. The molecule has 4 aromatic carbocycles. The summed E-state index contributed by atoms with van der Waals surface area (Å²) in [6, 6.07) is 23.8. The molecule has 0 spiro atoms. The normalized spacial score (nSPS) is 11.4. The third kappa shape index (κ3) is 1.59. The van der Waals surface area contributed by atoms with Gasteiger partial charge in [-0.3, -0.25) is 0 Å². The van der Waals surface area contributed by atoms with E-state index in [-0.39, 0.29) is 0 Å². The van der Waals surface area contributed by atoms with Gasteiger partial charge in [0.05, 0.1) is 10.2 Å². The van der Waals surface area contributed by atoms with Crippen LogP contribution in [0.3, 0.4) is 0 Å². The highest BCUT2D eigenvalue weighted by molar-refractivity contribution is 6.41. The number of benzene rings is 4. The van der Waals surface area contributed by atoms with Crippen LogP contribution in [0.25, 0.3) is 32.3 Å². The maximum atomic E-state index is 3.74. The van der Waals surface area contributed by atoms with Gasteiger partial charge in [-0.25, -0.2) is 0 Å². The highest BCUT2D eigenvalue weighted by Gasteiger charge is 2.04. The maximum Gasteiger partial charge on any atom is 0.0720 e. The van der Waals surface area contributed by atoms with Gasteiger partial charge >= 0.3 is 0 Å². The minimum atomic E-state index is 1.15. The highest BCUT2D eigenvalue weighted by atomic mass is 28.1. The van der Waals surface area contributed by atoms with E-state index in [0.717, 1.165) is 5.19 Å². The summed E-state index contributed by atoms with van der Waals surface area (Å²) in [5.41, 5.74) is 0. The SMILES string of the molecule is [Si]c1cc2cc3ccccc3cc2c2ccccc12. The third-order valence-corrected chi connectivity index (χ3v) is 4.14. The van der Waals surface area contributed by atoms with Crippen molar-refractivity contribution in [1.29, 1.82) is 0 Å². The lowest BCUT2D eigenvalue weighted by Crippen LogP contribution is -2.03. The van der Waals surface area contributed by atoms with Gasteiger partial charge in [-0.2, -0.15) is 0 Å². The molecule has 0 saturated carbocycles. The van der Waals surface area contributed by atoms with Gasteiger partial charge in [0.25, 0.3) is 0 Å². The highest BCUT2D eigenvalue weighted by Crippen LogP contribution is 2.28. The first-order valence-electron chi connectivity index (χ1n) is 6.39. The van der Waals surface area contributed by atoms with Crippen LogP contribution in [0.15, 0.2) is 66.7 Å². The van der Waals surface area contributed by atoms with Crippen LogP contribution >= 0.6 is 0 Å². The topological polar surface area (TPSA) is 0 Å². The van der Waals surface area contributed by atoms with E-state index in [1.54, 1.807) is 0 Å². The number of hydrogen-bond donors (Lipinski definition) is 0. The number of hydrogen-bond acceptors (Lipinski definition) is 0. The van der Waals surface area contributed by atoms with Crippen LogP contribution in [0, 0.1) is 0 Å². The average molecular weight is 255 g/mol. The Kier molecular flexibility index (Phi) is 2.23. The van der Waals surface area contributed by atoms with Crippen molar-refractivity contribution < 1.29 is 0 Å². The lowest BCUT2D eigenvalue weighted by Gasteiger charge is -2.09. The minimum Gasteiger partial charge on any atom is -0.0616 e. The summed E-state index contributed by atoms with van der Waals surface area (Å²) < 4.78 is 0. The standard InChI is InChI=1S/C18H11Si/c19-18-11-14-9-12-5-1-2-6-13(12)10-17(14)15-7-3-4-8-16(15)18/h1-11H.